The highest BCUT2D eigenvalue weighted by Gasteiger charge is 2.28. The van der Waals surface area contributed by atoms with Crippen molar-refractivity contribution in [3.05, 3.63) is 54.1 Å². The smallest absolute Gasteiger partial charge is 0.242 e. The van der Waals surface area contributed by atoms with Crippen LogP contribution in [0, 0.1) is 0 Å². The highest BCUT2D eigenvalue weighted by atomic mass is 32.2. The Morgan fingerprint density at radius 1 is 1.03 bits per heavy atom. The summed E-state index contributed by atoms with van der Waals surface area (Å²) in [4.78, 5) is 27.8. The van der Waals surface area contributed by atoms with Gasteiger partial charge in [-0.2, -0.15) is 0 Å². The first kappa shape index (κ1) is 30.0. The van der Waals surface area contributed by atoms with Gasteiger partial charge in [-0.1, -0.05) is 19.1 Å². The number of benzene rings is 2. The summed E-state index contributed by atoms with van der Waals surface area (Å²) in [5, 5.41) is 2.81. The summed E-state index contributed by atoms with van der Waals surface area (Å²) < 4.78 is 37.0. The van der Waals surface area contributed by atoms with E-state index >= 15 is 0 Å². The fraction of sp³-hybridized carbons (Fsp3) is 0.481. The third-order valence-corrected chi connectivity index (χ3v) is 7.01. The Bertz CT molecular complexity index is 1120. The Labute approximate surface area is 220 Å². The second-order valence-electron chi connectivity index (χ2n) is 8.56. The number of nitrogens with zero attached hydrogens (tertiary/aromatic N) is 2. The Kier molecular flexibility index (Phi) is 11.7. The summed E-state index contributed by atoms with van der Waals surface area (Å²) in [6.45, 7) is 6.91. The van der Waals surface area contributed by atoms with Crippen LogP contribution in [0.3, 0.4) is 0 Å². The number of methoxy groups -OCH3 is 1. The van der Waals surface area contributed by atoms with Crippen LogP contribution >= 0.6 is 0 Å². The molecule has 0 aromatic heterocycles. The molecule has 1 atom stereocenters. The van der Waals surface area contributed by atoms with Crippen molar-refractivity contribution < 1.29 is 27.5 Å². The van der Waals surface area contributed by atoms with E-state index < -0.39 is 16.1 Å². The molecule has 0 aliphatic heterocycles. The number of hydrogen-bond acceptors (Lipinski definition) is 6. The monoisotopic (exact) mass is 533 g/mol. The van der Waals surface area contributed by atoms with E-state index in [0.717, 1.165) is 11.8 Å². The molecule has 0 saturated carbocycles. The number of carbonyl (C=O) groups excluding carboxylic acids is 2. The molecule has 37 heavy (non-hydrogen) atoms. The second kappa shape index (κ2) is 14.5. The summed E-state index contributed by atoms with van der Waals surface area (Å²) in [5.74, 6) is 0.878. The number of amides is 2. The summed E-state index contributed by atoms with van der Waals surface area (Å²) in [6.07, 6.45) is 1.97. The largest absolute Gasteiger partial charge is 0.497 e. The molecule has 0 fully saturated rings. The topological polar surface area (TPSA) is 105 Å². The number of ether oxygens (including phenoxy) is 2. The Hall–Kier alpha value is -3.27. The Morgan fingerprint density at radius 3 is 2.30 bits per heavy atom. The minimum atomic E-state index is -3.57. The van der Waals surface area contributed by atoms with Gasteiger partial charge >= 0.3 is 0 Å². The first-order chi connectivity index (χ1) is 17.6. The quantitative estimate of drug-likeness (QED) is 0.375. The number of carbonyl (C=O) groups is 2. The zero-order valence-corrected chi connectivity index (χ0v) is 23.2. The van der Waals surface area contributed by atoms with E-state index in [1.807, 2.05) is 45.0 Å². The molecular formula is C27H39N3O6S. The maximum Gasteiger partial charge on any atom is 0.242 e. The van der Waals surface area contributed by atoms with Gasteiger partial charge in [0.15, 0.2) is 0 Å². The van der Waals surface area contributed by atoms with Crippen LogP contribution in [0.15, 0.2) is 48.5 Å². The lowest BCUT2D eigenvalue weighted by Crippen LogP contribution is -2.49. The van der Waals surface area contributed by atoms with Crippen LogP contribution in [-0.2, 0) is 26.2 Å². The number of rotatable bonds is 15. The van der Waals surface area contributed by atoms with Gasteiger partial charge in [-0.3, -0.25) is 13.9 Å². The number of hydrogen-bond donors (Lipinski definition) is 1. The SMILES string of the molecule is CCNC(=O)[C@H](CC)N(Cc1cccc(OC)c1)C(=O)CCCN(c1ccc(OCC)cc1)S(C)(=O)=O. The third-order valence-electron chi connectivity index (χ3n) is 5.81. The molecule has 2 aromatic carbocycles. The molecule has 0 saturated heterocycles. The number of likely N-dealkylation sites (N-methyl/N-ethyl adjacent to an activating group) is 1. The predicted octanol–water partition coefficient (Wildman–Crippen LogP) is 3.58. The van der Waals surface area contributed by atoms with E-state index in [1.54, 1.807) is 36.3 Å². The summed E-state index contributed by atoms with van der Waals surface area (Å²) >= 11 is 0. The molecule has 0 bridgehead atoms. The van der Waals surface area contributed by atoms with Gasteiger partial charge in [0.2, 0.25) is 21.8 Å². The van der Waals surface area contributed by atoms with Gasteiger partial charge in [0, 0.05) is 26.1 Å². The maximum absolute atomic E-state index is 13.4. The van der Waals surface area contributed by atoms with Crippen LogP contribution < -0.4 is 19.1 Å². The highest BCUT2D eigenvalue weighted by Crippen LogP contribution is 2.23. The zero-order valence-electron chi connectivity index (χ0n) is 22.4. The van der Waals surface area contributed by atoms with Crippen LogP contribution in [0.5, 0.6) is 11.5 Å². The molecule has 0 radical (unpaired) electrons. The van der Waals surface area contributed by atoms with Gasteiger partial charge in [0.25, 0.3) is 0 Å². The average molecular weight is 534 g/mol. The fourth-order valence-electron chi connectivity index (χ4n) is 4.06. The lowest BCUT2D eigenvalue weighted by atomic mass is 10.1. The third kappa shape index (κ3) is 8.96. The van der Waals surface area contributed by atoms with Crippen molar-refractivity contribution in [3.63, 3.8) is 0 Å². The van der Waals surface area contributed by atoms with Crippen molar-refractivity contribution in [1.82, 2.24) is 10.2 Å². The molecule has 2 amide bonds. The van der Waals surface area contributed by atoms with E-state index in [2.05, 4.69) is 5.32 Å². The Morgan fingerprint density at radius 2 is 1.73 bits per heavy atom. The van der Waals surface area contributed by atoms with Crippen LogP contribution in [-0.4, -0.2) is 64.2 Å². The van der Waals surface area contributed by atoms with Crippen molar-refractivity contribution >= 4 is 27.5 Å². The minimum absolute atomic E-state index is 0.0862. The second-order valence-corrected chi connectivity index (χ2v) is 10.5. The van der Waals surface area contributed by atoms with E-state index in [4.69, 9.17) is 9.47 Å². The first-order valence-electron chi connectivity index (χ1n) is 12.5. The van der Waals surface area contributed by atoms with E-state index in [1.165, 1.54) is 4.31 Å². The Balaban J connectivity index is 2.20. The standard InChI is InChI=1S/C27H39N3O6S/c1-6-25(27(32)28-7-2)29(20-21-11-9-12-24(19-21)35-4)26(31)13-10-18-30(37(5,33)34)22-14-16-23(17-15-22)36-8-3/h9,11-12,14-17,19,25H,6-8,10,13,18,20H2,1-5H3,(H,28,32)/t25-/m0/s1. The molecule has 0 aliphatic carbocycles. The molecule has 0 heterocycles. The first-order valence-corrected chi connectivity index (χ1v) is 14.4. The average Bonchev–Trinajstić information content (AvgIpc) is 2.87. The molecule has 10 heteroatoms. The molecule has 2 rings (SSSR count). The van der Waals surface area contributed by atoms with E-state index in [-0.39, 0.29) is 31.3 Å². The number of nitrogens with one attached hydrogen (secondary N) is 1. The number of anilines is 1. The lowest BCUT2D eigenvalue weighted by Gasteiger charge is -2.31. The van der Waals surface area contributed by atoms with Gasteiger partial charge in [-0.05, 0) is 68.7 Å². The van der Waals surface area contributed by atoms with Crippen molar-refractivity contribution in [1.29, 1.82) is 0 Å². The molecule has 2 aromatic rings. The van der Waals surface area contributed by atoms with Crippen LogP contribution in [0.2, 0.25) is 0 Å². The van der Waals surface area contributed by atoms with Crippen LogP contribution in [0.4, 0.5) is 5.69 Å². The fourth-order valence-corrected chi connectivity index (χ4v) is 5.02. The van der Waals surface area contributed by atoms with Crippen molar-refractivity contribution in [3.8, 4) is 11.5 Å². The van der Waals surface area contributed by atoms with Gasteiger partial charge < -0.3 is 19.7 Å². The van der Waals surface area contributed by atoms with Crippen LogP contribution in [0.25, 0.3) is 0 Å². The molecule has 204 valence electrons. The maximum atomic E-state index is 13.4. The number of sulfonamides is 1. The molecule has 9 nitrogen and oxygen atoms in total. The lowest BCUT2D eigenvalue weighted by molar-refractivity contribution is -0.141. The van der Waals surface area contributed by atoms with Crippen LogP contribution in [0.1, 0.15) is 45.6 Å². The highest BCUT2D eigenvalue weighted by molar-refractivity contribution is 7.92. The molecule has 0 spiro atoms. The van der Waals surface area contributed by atoms with E-state index in [0.29, 0.717) is 43.2 Å². The van der Waals surface area contributed by atoms with Crippen molar-refractivity contribution in [2.75, 3.05) is 37.4 Å². The normalized spacial score (nSPS) is 11.9. The van der Waals surface area contributed by atoms with Gasteiger partial charge in [-0.15, -0.1) is 0 Å². The van der Waals surface area contributed by atoms with Crippen molar-refractivity contribution in [2.24, 2.45) is 0 Å². The summed E-state index contributed by atoms with van der Waals surface area (Å²) in [6, 6.07) is 13.5. The summed E-state index contributed by atoms with van der Waals surface area (Å²) in [5.41, 5.74) is 1.34. The molecule has 0 aliphatic rings. The van der Waals surface area contributed by atoms with Gasteiger partial charge in [0.1, 0.15) is 17.5 Å². The molecule has 0 unspecified atom stereocenters. The van der Waals surface area contributed by atoms with Gasteiger partial charge in [0.05, 0.1) is 25.7 Å². The van der Waals surface area contributed by atoms with E-state index in [9.17, 15) is 18.0 Å². The predicted molar refractivity (Wildman–Crippen MR) is 145 cm³/mol. The van der Waals surface area contributed by atoms with Gasteiger partial charge in [-0.25, -0.2) is 8.42 Å². The zero-order chi connectivity index (χ0) is 27.4. The summed E-state index contributed by atoms with van der Waals surface area (Å²) in [7, 11) is -2.00. The molecule has 1 N–H and O–H groups in total. The molecular weight excluding hydrogens is 494 g/mol. The van der Waals surface area contributed by atoms with Crippen molar-refractivity contribution in [2.45, 2.75) is 52.6 Å². The minimum Gasteiger partial charge on any atom is -0.497 e.